The van der Waals surface area contributed by atoms with Crippen molar-refractivity contribution in [3.63, 3.8) is 0 Å². The van der Waals surface area contributed by atoms with Gasteiger partial charge in [0.15, 0.2) is 0 Å². The predicted octanol–water partition coefficient (Wildman–Crippen LogP) is 1.98. The summed E-state index contributed by atoms with van der Waals surface area (Å²) in [6, 6.07) is 5.24. The number of nitrogens with zero attached hydrogens (tertiary/aromatic N) is 1. The molecule has 0 amide bonds. The number of aryl methyl sites for hydroxylation is 1. The fourth-order valence-corrected chi connectivity index (χ4v) is 1.81. The molecule has 2 aromatic rings. The Balaban J connectivity index is 1.89. The number of aromatic carboxylic acids is 1. The summed E-state index contributed by atoms with van der Waals surface area (Å²) in [5.74, 6) is 0.611. The first-order valence-corrected chi connectivity index (χ1v) is 6.12. The molecular formula is C14H16N2O4. The molecule has 0 unspecified atom stereocenters. The largest absolute Gasteiger partial charge is 0.481 e. The van der Waals surface area contributed by atoms with Gasteiger partial charge in [-0.3, -0.25) is 0 Å². The molecule has 0 aliphatic rings. The predicted molar refractivity (Wildman–Crippen MR) is 71.7 cm³/mol. The molecule has 0 atom stereocenters. The van der Waals surface area contributed by atoms with Crippen molar-refractivity contribution in [2.45, 2.75) is 20.0 Å². The number of ether oxygens (including phenoxy) is 1. The molecule has 6 heteroatoms. The number of furan rings is 1. The van der Waals surface area contributed by atoms with E-state index in [-0.39, 0.29) is 5.56 Å². The first-order valence-electron chi connectivity index (χ1n) is 6.12. The lowest BCUT2D eigenvalue weighted by molar-refractivity contribution is 0.0695. The first-order chi connectivity index (χ1) is 9.60. The van der Waals surface area contributed by atoms with Gasteiger partial charge in [0, 0.05) is 18.8 Å². The van der Waals surface area contributed by atoms with E-state index in [1.54, 1.807) is 26.3 Å². The molecule has 2 heterocycles. The number of methoxy groups -OCH3 is 1. The van der Waals surface area contributed by atoms with E-state index in [0.717, 1.165) is 5.56 Å². The van der Waals surface area contributed by atoms with Gasteiger partial charge in [-0.1, -0.05) is 6.07 Å². The summed E-state index contributed by atoms with van der Waals surface area (Å²) in [7, 11) is 1.57. The number of aromatic nitrogens is 1. The van der Waals surface area contributed by atoms with Crippen molar-refractivity contribution in [1.29, 1.82) is 0 Å². The number of carboxylic acids is 1. The second-order valence-corrected chi connectivity index (χ2v) is 4.30. The van der Waals surface area contributed by atoms with E-state index in [4.69, 9.17) is 14.3 Å². The van der Waals surface area contributed by atoms with Gasteiger partial charge in [0.1, 0.15) is 17.1 Å². The van der Waals surface area contributed by atoms with Gasteiger partial charge in [0.2, 0.25) is 5.88 Å². The maximum atomic E-state index is 10.9. The van der Waals surface area contributed by atoms with E-state index in [0.29, 0.717) is 30.5 Å². The third kappa shape index (κ3) is 3.36. The highest BCUT2D eigenvalue weighted by atomic mass is 16.5. The Morgan fingerprint density at radius 1 is 1.45 bits per heavy atom. The summed E-state index contributed by atoms with van der Waals surface area (Å²) in [6.07, 6.45) is 1.72. The Bertz CT molecular complexity index is 590. The maximum absolute atomic E-state index is 10.9. The average Bonchev–Trinajstić information content (AvgIpc) is 2.81. The molecule has 106 valence electrons. The molecule has 0 radical (unpaired) electrons. The molecule has 2 aromatic heterocycles. The van der Waals surface area contributed by atoms with Crippen LogP contribution in [0.2, 0.25) is 0 Å². The van der Waals surface area contributed by atoms with Gasteiger partial charge < -0.3 is 19.6 Å². The Hall–Kier alpha value is -2.34. The monoisotopic (exact) mass is 276 g/mol. The lowest BCUT2D eigenvalue weighted by Gasteiger charge is -2.03. The van der Waals surface area contributed by atoms with Gasteiger partial charge in [0.05, 0.1) is 13.7 Å². The Kier molecular flexibility index (Phi) is 4.37. The van der Waals surface area contributed by atoms with Crippen LogP contribution in [0.3, 0.4) is 0 Å². The Labute approximate surface area is 116 Å². The fraction of sp³-hybridized carbons (Fsp3) is 0.286. The number of carbonyl (C=O) groups is 1. The first kappa shape index (κ1) is 14.1. The van der Waals surface area contributed by atoms with Gasteiger partial charge in [-0.05, 0) is 18.6 Å². The molecule has 0 aromatic carbocycles. The zero-order valence-electron chi connectivity index (χ0n) is 11.3. The van der Waals surface area contributed by atoms with Crippen molar-refractivity contribution in [2.24, 2.45) is 0 Å². The second-order valence-electron chi connectivity index (χ2n) is 4.30. The fourth-order valence-electron chi connectivity index (χ4n) is 1.81. The molecule has 0 saturated heterocycles. The van der Waals surface area contributed by atoms with Crippen molar-refractivity contribution >= 4 is 5.97 Å². The van der Waals surface area contributed by atoms with Crippen LogP contribution in [0.25, 0.3) is 0 Å². The van der Waals surface area contributed by atoms with Crippen LogP contribution in [0.4, 0.5) is 0 Å². The summed E-state index contributed by atoms with van der Waals surface area (Å²) >= 11 is 0. The van der Waals surface area contributed by atoms with E-state index in [2.05, 4.69) is 10.3 Å². The quantitative estimate of drug-likeness (QED) is 0.839. The highest BCUT2D eigenvalue weighted by molar-refractivity contribution is 5.88. The Morgan fingerprint density at radius 3 is 2.80 bits per heavy atom. The van der Waals surface area contributed by atoms with Gasteiger partial charge in [0.25, 0.3) is 0 Å². The third-order valence-corrected chi connectivity index (χ3v) is 2.83. The summed E-state index contributed by atoms with van der Waals surface area (Å²) in [5.41, 5.74) is 1.21. The maximum Gasteiger partial charge on any atom is 0.339 e. The minimum atomic E-state index is -0.975. The van der Waals surface area contributed by atoms with Gasteiger partial charge in [-0.15, -0.1) is 0 Å². The van der Waals surface area contributed by atoms with Crippen LogP contribution < -0.4 is 10.1 Å². The highest BCUT2D eigenvalue weighted by Gasteiger charge is 2.13. The Morgan fingerprint density at radius 2 is 2.25 bits per heavy atom. The van der Waals surface area contributed by atoms with Crippen LogP contribution in [0.1, 0.15) is 27.4 Å². The zero-order chi connectivity index (χ0) is 14.5. The average molecular weight is 276 g/mol. The standard InChI is InChI=1S/C14H16N2O4/c1-9-12(14(17)18)5-11(20-9)8-15-6-10-3-4-13(19-2)16-7-10/h3-5,7,15H,6,8H2,1-2H3,(H,17,18). The van der Waals surface area contributed by atoms with Crippen LogP contribution in [-0.4, -0.2) is 23.2 Å². The summed E-state index contributed by atoms with van der Waals surface area (Å²) in [4.78, 5) is 15.0. The summed E-state index contributed by atoms with van der Waals surface area (Å²) < 4.78 is 10.4. The summed E-state index contributed by atoms with van der Waals surface area (Å²) in [5, 5.41) is 12.1. The van der Waals surface area contributed by atoms with Crippen LogP contribution in [-0.2, 0) is 13.1 Å². The van der Waals surface area contributed by atoms with Gasteiger partial charge >= 0.3 is 5.97 Å². The molecule has 0 fully saturated rings. The van der Waals surface area contributed by atoms with E-state index in [1.165, 1.54) is 6.07 Å². The lowest BCUT2D eigenvalue weighted by atomic mass is 10.2. The van der Waals surface area contributed by atoms with Crippen molar-refractivity contribution in [2.75, 3.05) is 7.11 Å². The molecule has 0 aliphatic heterocycles. The van der Waals surface area contributed by atoms with Crippen LogP contribution >= 0.6 is 0 Å². The van der Waals surface area contributed by atoms with Crippen molar-refractivity contribution in [3.05, 3.63) is 47.0 Å². The molecule has 2 N–H and O–H groups in total. The number of hydrogen-bond acceptors (Lipinski definition) is 5. The SMILES string of the molecule is COc1ccc(CNCc2cc(C(=O)O)c(C)o2)cn1. The normalized spacial score (nSPS) is 10.5. The molecule has 0 aliphatic carbocycles. The van der Waals surface area contributed by atoms with E-state index in [1.807, 2.05) is 6.07 Å². The molecule has 2 rings (SSSR count). The second kappa shape index (κ2) is 6.21. The van der Waals surface area contributed by atoms with Crippen molar-refractivity contribution < 1.29 is 19.1 Å². The molecule has 0 bridgehead atoms. The topological polar surface area (TPSA) is 84.6 Å². The number of hydrogen-bond donors (Lipinski definition) is 2. The molecular weight excluding hydrogens is 260 g/mol. The van der Waals surface area contributed by atoms with Gasteiger partial charge in [-0.25, -0.2) is 9.78 Å². The highest BCUT2D eigenvalue weighted by Crippen LogP contribution is 2.14. The number of pyridine rings is 1. The zero-order valence-corrected chi connectivity index (χ0v) is 11.3. The molecule has 0 saturated carbocycles. The van der Waals surface area contributed by atoms with Crippen LogP contribution in [0.5, 0.6) is 5.88 Å². The van der Waals surface area contributed by atoms with Crippen LogP contribution in [0, 0.1) is 6.92 Å². The molecule has 0 spiro atoms. The summed E-state index contributed by atoms with van der Waals surface area (Å²) in [6.45, 7) is 2.71. The number of carboxylic acid groups (broad SMARTS) is 1. The van der Waals surface area contributed by atoms with E-state index >= 15 is 0 Å². The molecule has 6 nitrogen and oxygen atoms in total. The third-order valence-electron chi connectivity index (χ3n) is 2.83. The minimum absolute atomic E-state index is 0.202. The lowest BCUT2D eigenvalue weighted by Crippen LogP contribution is -2.12. The van der Waals surface area contributed by atoms with E-state index < -0.39 is 5.97 Å². The van der Waals surface area contributed by atoms with Crippen LogP contribution in [0.15, 0.2) is 28.8 Å². The minimum Gasteiger partial charge on any atom is -0.481 e. The molecule has 20 heavy (non-hydrogen) atoms. The van der Waals surface area contributed by atoms with Crippen molar-refractivity contribution in [1.82, 2.24) is 10.3 Å². The smallest absolute Gasteiger partial charge is 0.339 e. The number of nitrogens with one attached hydrogen (secondary N) is 1. The van der Waals surface area contributed by atoms with Gasteiger partial charge in [-0.2, -0.15) is 0 Å². The van der Waals surface area contributed by atoms with Crippen molar-refractivity contribution in [3.8, 4) is 5.88 Å². The van der Waals surface area contributed by atoms with E-state index in [9.17, 15) is 4.79 Å². The number of rotatable bonds is 6.